The lowest BCUT2D eigenvalue weighted by atomic mass is 10.2. The largest absolute Gasteiger partial charge is 0.352 e. The van der Waals surface area contributed by atoms with E-state index in [1.807, 2.05) is 0 Å². The number of alkyl halides is 1. The number of rotatable bonds is 6. The Bertz CT molecular complexity index is 392. The first-order valence-corrected chi connectivity index (χ1v) is 5.73. The lowest BCUT2D eigenvalue weighted by Crippen LogP contribution is -2.22. The SMILES string of the molecule is O=C(CCCCl)NCc1ccc([N+](=O)[O-])cc1. The number of nitro benzene ring substituents is 1. The van der Waals surface area contributed by atoms with Crippen molar-refractivity contribution in [2.75, 3.05) is 5.88 Å². The highest BCUT2D eigenvalue weighted by Crippen LogP contribution is 2.11. The molecular weight excluding hydrogens is 244 g/mol. The van der Waals surface area contributed by atoms with Crippen molar-refractivity contribution < 1.29 is 9.72 Å². The molecule has 0 aliphatic heterocycles. The highest BCUT2D eigenvalue weighted by atomic mass is 35.5. The fourth-order valence-corrected chi connectivity index (χ4v) is 1.39. The Hall–Kier alpha value is -1.62. The van der Waals surface area contributed by atoms with E-state index in [1.54, 1.807) is 12.1 Å². The van der Waals surface area contributed by atoms with E-state index in [1.165, 1.54) is 12.1 Å². The summed E-state index contributed by atoms with van der Waals surface area (Å²) in [6.07, 6.45) is 1.05. The molecule has 0 aromatic heterocycles. The predicted octanol–water partition coefficient (Wildman–Crippen LogP) is 2.23. The highest BCUT2D eigenvalue weighted by Gasteiger charge is 2.05. The average Bonchev–Trinajstić information content (AvgIpc) is 2.34. The maximum Gasteiger partial charge on any atom is 0.269 e. The summed E-state index contributed by atoms with van der Waals surface area (Å²) in [5, 5.41) is 13.1. The van der Waals surface area contributed by atoms with E-state index >= 15 is 0 Å². The lowest BCUT2D eigenvalue weighted by Gasteiger charge is -2.04. The summed E-state index contributed by atoms with van der Waals surface area (Å²) in [5.74, 6) is 0.398. The number of halogens is 1. The summed E-state index contributed by atoms with van der Waals surface area (Å²) < 4.78 is 0. The monoisotopic (exact) mass is 256 g/mol. The maximum atomic E-state index is 11.3. The van der Waals surface area contributed by atoms with Crippen LogP contribution in [-0.2, 0) is 11.3 Å². The van der Waals surface area contributed by atoms with Gasteiger partial charge in [0.25, 0.3) is 5.69 Å². The van der Waals surface area contributed by atoms with E-state index in [0.717, 1.165) is 5.56 Å². The molecule has 1 rings (SSSR count). The van der Waals surface area contributed by atoms with Gasteiger partial charge in [-0.05, 0) is 12.0 Å². The number of hydrogen-bond donors (Lipinski definition) is 1. The van der Waals surface area contributed by atoms with E-state index in [0.29, 0.717) is 25.3 Å². The van der Waals surface area contributed by atoms with Gasteiger partial charge in [0.2, 0.25) is 5.91 Å². The highest BCUT2D eigenvalue weighted by molar-refractivity contribution is 6.17. The van der Waals surface area contributed by atoms with Gasteiger partial charge < -0.3 is 5.32 Å². The van der Waals surface area contributed by atoms with Crippen LogP contribution in [0.15, 0.2) is 24.3 Å². The molecule has 0 unspecified atom stereocenters. The van der Waals surface area contributed by atoms with Crippen molar-refractivity contribution >= 4 is 23.2 Å². The van der Waals surface area contributed by atoms with Gasteiger partial charge in [-0.2, -0.15) is 0 Å². The summed E-state index contributed by atoms with van der Waals surface area (Å²) in [4.78, 5) is 21.2. The Kier molecular flexibility index (Phi) is 5.42. The first kappa shape index (κ1) is 13.4. The minimum absolute atomic E-state index is 0.0437. The first-order valence-electron chi connectivity index (χ1n) is 5.19. The van der Waals surface area contributed by atoms with Crippen molar-refractivity contribution in [2.24, 2.45) is 0 Å². The number of nitrogens with one attached hydrogen (secondary N) is 1. The molecule has 0 bridgehead atoms. The first-order chi connectivity index (χ1) is 8.13. The zero-order valence-electron chi connectivity index (χ0n) is 9.19. The van der Waals surface area contributed by atoms with Crippen LogP contribution in [0.4, 0.5) is 5.69 Å². The van der Waals surface area contributed by atoms with Crippen molar-refractivity contribution in [1.29, 1.82) is 0 Å². The van der Waals surface area contributed by atoms with Gasteiger partial charge in [0.05, 0.1) is 4.92 Å². The Morgan fingerprint density at radius 2 is 2.00 bits per heavy atom. The zero-order valence-corrected chi connectivity index (χ0v) is 9.94. The standard InChI is InChI=1S/C11H13ClN2O3/c12-7-1-2-11(15)13-8-9-3-5-10(6-4-9)14(16)17/h3-6H,1-2,7-8H2,(H,13,15). The van der Waals surface area contributed by atoms with Crippen LogP contribution in [0.2, 0.25) is 0 Å². The molecule has 17 heavy (non-hydrogen) atoms. The van der Waals surface area contributed by atoms with E-state index in [9.17, 15) is 14.9 Å². The molecule has 1 aromatic carbocycles. The van der Waals surface area contributed by atoms with E-state index in [-0.39, 0.29) is 11.6 Å². The van der Waals surface area contributed by atoms with Gasteiger partial charge in [-0.1, -0.05) is 12.1 Å². The topological polar surface area (TPSA) is 72.2 Å². The van der Waals surface area contributed by atoms with Gasteiger partial charge in [0.1, 0.15) is 0 Å². The van der Waals surface area contributed by atoms with Crippen LogP contribution < -0.4 is 5.32 Å². The second-order valence-electron chi connectivity index (χ2n) is 3.49. The van der Waals surface area contributed by atoms with Crippen LogP contribution in [0.1, 0.15) is 18.4 Å². The molecule has 0 saturated heterocycles. The molecule has 1 N–H and O–H groups in total. The number of carbonyl (C=O) groups is 1. The fraction of sp³-hybridized carbons (Fsp3) is 0.364. The summed E-state index contributed by atoms with van der Waals surface area (Å²) in [6.45, 7) is 0.374. The molecule has 0 radical (unpaired) electrons. The molecular formula is C11H13ClN2O3. The van der Waals surface area contributed by atoms with E-state index in [4.69, 9.17) is 11.6 Å². The van der Waals surface area contributed by atoms with Crippen molar-refractivity contribution in [3.63, 3.8) is 0 Å². The van der Waals surface area contributed by atoms with Crippen LogP contribution in [0.25, 0.3) is 0 Å². The van der Waals surface area contributed by atoms with Gasteiger partial charge >= 0.3 is 0 Å². The number of hydrogen-bond acceptors (Lipinski definition) is 3. The van der Waals surface area contributed by atoms with Gasteiger partial charge in [-0.15, -0.1) is 11.6 Å². The molecule has 0 atom stereocenters. The molecule has 0 aliphatic rings. The third kappa shape index (κ3) is 4.82. The molecule has 5 nitrogen and oxygen atoms in total. The molecule has 0 spiro atoms. The van der Waals surface area contributed by atoms with Crippen molar-refractivity contribution in [2.45, 2.75) is 19.4 Å². The molecule has 92 valence electrons. The third-order valence-electron chi connectivity index (χ3n) is 2.17. The molecule has 0 heterocycles. The van der Waals surface area contributed by atoms with Crippen molar-refractivity contribution in [3.05, 3.63) is 39.9 Å². The molecule has 6 heteroatoms. The number of benzene rings is 1. The molecule has 1 aromatic rings. The maximum absolute atomic E-state index is 11.3. The summed E-state index contributed by atoms with van der Waals surface area (Å²) in [5.41, 5.74) is 0.872. The number of amides is 1. The summed E-state index contributed by atoms with van der Waals surface area (Å²) >= 11 is 5.47. The predicted molar refractivity (Wildman–Crippen MR) is 64.9 cm³/mol. The van der Waals surface area contributed by atoms with Crippen LogP contribution in [0.5, 0.6) is 0 Å². The number of non-ortho nitro benzene ring substituents is 1. The quantitative estimate of drug-likeness (QED) is 0.482. The van der Waals surface area contributed by atoms with Crippen molar-refractivity contribution in [1.82, 2.24) is 5.32 Å². The summed E-state index contributed by atoms with van der Waals surface area (Å²) in [7, 11) is 0. The second kappa shape index (κ2) is 6.85. The smallest absolute Gasteiger partial charge is 0.269 e. The molecule has 0 saturated carbocycles. The Labute approximate surface area is 104 Å². The Morgan fingerprint density at radius 3 is 2.53 bits per heavy atom. The van der Waals surface area contributed by atoms with Gasteiger partial charge in [-0.25, -0.2) is 0 Å². The minimum atomic E-state index is -0.456. The molecule has 0 aliphatic carbocycles. The zero-order chi connectivity index (χ0) is 12.7. The van der Waals surface area contributed by atoms with Crippen LogP contribution in [-0.4, -0.2) is 16.7 Å². The van der Waals surface area contributed by atoms with Crippen LogP contribution in [0, 0.1) is 10.1 Å². The third-order valence-corrected chi connectivity index (χ3v) is 2.44. The second-order valence-corrected chi connectivity index (χ2v) is 3.87. The van der Waals surface area contributed by atoms with Crippen LogP contribution >= 0.6 is 11.6 Å². The van der Waals surface area contributed by atoms with Crippen LogP contribution in [0.3, 0.4) is 0 Å². The fourth-order valence-electron chi connectivity index (χ4n) is 1.25. The normalized spacial score (nSPS) is 9.94. The van der Waals surface area contributed by atoms with Gasteiger partial charge in [0, 0.05) is 31.0 Å². The number of nitro groups is 1. The van der Waals surface area contributed by atoms with E-state index < -0.39 is 4.92 Å². The lowest BCUT2D eigenvalue weighted by molar-refractivity contribution is -0.384. The van der Waals surface area contributed by atoms with Crippen molar-refractivity contribution in [3.8, 4) is 0 Å². The Balaban J connectivity index is 2.42. The minimum Gasteiger partial charge on any atom is -0.352 e. The van der Waals surface area contributed by atoms with Gasteiger partial charge in [-0.3, -0.25) is 14.9 Å². The molecule has 0 fully saturated rings. The average molecular weight is 257 g/mol. The Morgan fingerprint density at radius 1 is 1.35 bits per heavy atom. The van der Waals surface area contributed by atoms with Gasteiger partial charge in [0.15, 0.2) is 0 Å². The van der Waals surface area contributed by atoms with E-state index in [2.05, 4.69) is 5.32 Å². The number of carbonyl (C=O) groups excluding carboxylic acids is 1. The summed E-state index contributed by atoms with van der Waals surface area (Å²) in [6, 6.07) is 6.08. The molecule has 1 amide bonds. The number of nitrogens with zero attached hydrogens (tertiary/aromatic N) is 1.